The van der Waals surface area contributed by atoms with Crippen LogP contribution in [0.3, 0.4) is 0 Å². The molecule has 1 saturated heterocycles. The van der Waals surface area contributed by atoms with Crippen LogP contribution < -0.4 is 0 Å². The number of carboxylic acid groups (broad SMARTS) is 1. The zero-order valence-electron chi connectivity index (χ0n) is 9.70. The minimum atomic E-state index is -0.676. The zero-order valence-corrected chi connectivity index (χ0v) is 9.70. The third kappa shape index (κ3) is 3.34. The fraction of sp³-hybridized carbons (Fsp3) is 0.750. The lowest BCUT2D eigenvalue weighted by atomic mass is 9.72. The third-order valence-electron chi connectivity index (χ3n) is 3.34. The molecule has 1 N–H and O–H groups in total. The second kappa shape index (κ2) is 4.79. The summed E-state index contributed by atoms with van der Waals surface area (Å²) in [6.45, 7) is 10.9. The van der Waals surface area contributed by atoms with E-state index in [1.165, 1.54) is 0 Å². The molecular formula is C12H21NO2. The summed E-state index contributed by atoms with van der Waals surface area (Å²) in [5, 5.41) is 8.84. The van der Waals surface area contributed by atoms with Crippen molar-refractivity contribution in [3.05, 3.63) is 12.7 Å². The summed E-state index contributed by atoms with van der Waals surface area (Å²) in [4.78, 5) is 13.1. The molecular weight excluding hydrogens is 190 g/mol. The van der Waals surface area contributed by atoms with Crippen molar-refractivity contribution in [1.29, 1.82) is 0 Å². The number of rotatable bonds is 4. The van der Waals surface area contributed by atoms with E-state index in [0.717, 1.165) is 26.1 Å². The molecule has 1 heterocycles. The van der Waals surface area contributed by atoms with Crippen molar-refractivity contribution in [2.75, 3.05) is 19.6 Å². The molecule has 0 amide bonds. The molecule has 0 spiro atoms. The fourth-order valence-electron chi connectivity index (χ4n) is 2.44. The number of hydrogen-bond acceptors (Lipinski definition) is 2. The van der Waals surface area contributed by atoms with Crippen molar-refractivity contribution in [2.24, 2.45) is 11.3 Å². The normalized spacial score (nSPS) is 26.1. The SMILES string of the molecule is C=CCN1CCC(CC(=O)O)C(C)(C)C1. The van der Waals surface area contributed by atoms with E-state index in [2.05, 4.69) is 25.3 Å². The molecule has 1 fully saturated rings. The van der Waals surface area contributed by atoms with Crippen LogP contribution in [0.2, 0.25) is 0 Å². The van der Waals surface area contributed by atoms with Gasteiger partial charge in [-0.3, -0.25) is 9.69 Å². The van der Waals surface area contributed by atoms with Gasteiger partial charge in [0.2, 0.25) is 0 Å². The third-order valence-corrected chi connectivity index (χ3v) is 3.34. The Labute approximate surface area is 91.8 Å². The summed E-state index contributed by atoms with van der Waals surface area (Å²) in [6.07, 6.45) is 3.19. The van der Waals surface area contributed by atoms with Crippen LogP contribution in [0.5, 0.6) is 0 Å². The first kappa shape index (κ1) is 12.2. The molecule has 0 bridgehead atoms. The fourth-order valence-corrected chi connectivity index (χ4v) is 2.44. The number of aliphatic carboxylic acids is 1. The number of carboxylic acids is 1. The standard InChI is InChI=1S/C12H21NO2/c1-4-6-13-7-5-10(8-11(14)15)12(2,3)9-13/h4,10H,1,5-9H2,2-3H3,(H,14,15). The lowest BCUT2D eigenvalue weighted by molar-refractivity contribution is -0.140. The van der Waals surface area contributed by atoms with Gasteiger partial charge in [0.05, 0.1) is 0 Å². The van der Waals surface area contributed by atoms with Crippen molar-refractivity contribution < 1.29 is 9.90 Å². The average molecular weight is 211 g/mol. The largest absolute Gasteiger partial charge is 0.481 e. The van der Waals surface area contributed by atoms with Crippen LogP contribution in [-0.4, -0.2) is 35.6 Å². The predicted octanol–water partition coefficient (Wildman–Crippen LogP) is 2.00. The first-order chi connectivity index (χ1) is 6.95. The Morgan fingerprint density at radius 1 is 1.67 bits per heavy atom. The molecule has 86 valence electrons. The van der Waals surface area contributed by atoms with Crippen molar-refractivity contribution in [3.8, 4) is 0 Å². The van der Waals surface area contributed by atoms with Gasteiger partial charge in [0.25, 0.3) is 0 Å². The van der Waals surface area contributed by atoms with Crippen molar-refractivity contribution in [1.82, 2.24) is 4.90 Å². The van der Waals surface area contributed by atoms with Crippen LogP contribution in [0.25, 0.3) is 0 Å². The highest BCUT2D eigenvalue weighted by molar-refractivity contribution is 5.67. The second-order valence-corrected chi connectivity index (χ2v) is 5.10. The van der Waals surface area contributed by atoms with Gasteiger partial charge in [-0.15, -0.1) is 6.58 Å². The molecule has 1 atom stereocenters. The molecule has 3 heteroatoms. The molecule has 0 aromatic rings. The summed E-state index contributed by atoms with van der Waals surface area (Å²) < 4.78 is 0. The first-order valence-electron chi connectivity index (χ1n) is 5.51. The number of carbonyl (C=O) groups is 1. The summed E-state index contributed by atoms with van der Waals surface area (Å²) in [7, 11) is 0. The maximum absolute atomic E-state index is 10.7. The van der Waals surface area contributed by atoms with E-state index in [1.54, 1.807) is 0 Å². The van der Waals surface area contributed by atoms with Gasteiger partial charge in [0.15, 0.2) is 0 Å². The molecule has 1 aliphatic rings. The highest BCUT2D eigenvalue weighted by Crippen LogP contribution is 2.36. The Morgan fingerprint density at radius 3 is 2.80 bits per heavy atom. The topological polar surface area (TPSA) is 40.5 Å². The quantitative estimate of drug-likeness (QED) is 0.723. The lowest BCUT2D eigenvalue weighted by Gasteiger charge is -2.43. The van der Waals surface area contributed by atoms with Gasteiger partial charge in [-0.2, -0.15) is 0 Å². The summed E-state index contributed by atoms with van der Waals surface area (Å²) in [6, 6.07) is 0. The number of piperidine rings is 1. The minimum absolute atomic E-state index is 0.0969. The molecule has 15 heavy (non-hydrogen) atoms. The molecule has 0 radical (unpaired) electrons. The van der Waals surface area contributed by atoms with E-state index < -0.39 is 5.97 Å². The molecule has 1 aliphatic heterocycles. The van der Waals surface area contributed by atoms with Crippen LogP contribution in [-0.2, 0) is 4.79 Å². The van der Waals surface area contributed by atoms with E-state index in [4.69, 9.17) is 5.11 Å². The van der Waals surface area contributed by atoms with Crippen molar-refractivity contribution in [3.63, 3.8) is 0 Å². The van der Waals surface area contributed by atoms with Gasteiger partial charge >= 0.3 is 5.97 Å². The smallest absolute Gasteiger partial charge is 0.303 e. The highest BCUT2D eigenvalue weighted by atomic mass is 16.4. The molecule has 0 aromatic heterocycles. The Bertz CT molecular complexity index is 248. The van der Waals surface area contributed by atoms with Gasteiger partial charge in [0, 0.05) is 19.5 Å². The Morgan fingerprint density at radius 2 is 2.33 bits per heavy atom. The second-order valence-electron chi connectivity index (χ2n) is 5.10. The van der Waals surface area contributed by atoms with E-state index in [1.807, 2.05) is 6.08 Å². The van der Waals surface area contributed by atoms with E-state index >= 15 is 0 Å². The van der Waals surface area contributed by atoms with Crippen LogP contribution >= 0.6 is 0 Å². The van der Waals surface area contributed by atoms with Gasteiger partial charge < -0.3 is 5.11 Å². The molecule has 3 nitrogen and oxygen atoms in total. The van der Waals surface area contributed by atoms with Crippen LogP contribution in [0, 0.1) is 11.3 Å². The van der Waals surface area contributed by atoms with E-state index in [-0.39, 0.29) is 5.41 Å². The molecule has 0 saturated carbocycles. The van der Waals surface area contributed by atoms with Crippen LogP contribution in [0.4, 0.5) is 0 Å². The maximum Gasteiger partial charge on any atom is 0.303 e. The number of likely N-dealkylation sites (tertiary alicyclic amines) is 1. The Hall–Kier alpha value is -0.830. The summed E-state index contributed by atoms with van der Waals surface area (Å²) in [5.41, 5.74) is 0.0969. The zero-order chi connectivity index (χ0) is 11.5. The molecule has 1 unspecified atom stereocenters. The van der Waals surface area contributed by atoms with Crippen LogP contribution in [0.15, 0.2) is 12.7 Å². The van der Waals surface area contributed by atoms with Gasteiger partial charge in [0.1, 0.15) is 0 Å². The van der Waals surface area contributed by atoms with Gasteiger partial charge in [-0.05, 0) is 24.3 Å². The lowest BCUT2D eigenvalue weighted by Crippen LogP contribution is -2.46. The Balaban J connectivity index is 2.57. The summed E-state index contributed by atoms with van der Waals surface area (Å²) >= 11 is 0. The minimum Gasteiger partial charge on any atom is -0.481 e. The molecule has 1 rings (SSSR count). The van der Waals surface area contributed by atoms with E-state index in [0.29, 0.717) is 12.3 Å². The first-order valence-corrected chi connectivity index (χ1v) is 5.51. The monoisotopic (exact) mass is 211 g/mol. The highest BCUT2D eigenvalue weighted by Gasteiger charge is 2.36. The molecule has 0 aliphatic carbocycles. The number of hydrogen-bond donors (Lipinski definition) is 1. The average Bonchev–Trinajstić information content (AvgIpc) is 2.09. The van der Waals surface area contributed by atoms with Gasteiger partial charge in [-0.25, -0.2) is 0 Å². The molecule has 0 aromatic carbocycles. The van der Waals surface area contributed by atoms with Gasteiger partial charge in [-0.1, -0.05) is 19.9 Å². The van der Waals surface area contributed by atoms with Crippen LogP contribution in [0.1, 0.15) is 26.7 Å². The Kier molecular flexibility index (Phi) is 3.91. The predicted molar refractivity (Wildman–Crippen MR) is 60.8 cm³/mol. The number of nitrogens with zero attached hydrogens (tertiary/aromatic N) is 1. The van der Waals surface area contributed by atoms with Crippen molar-refractivity contribution in [2.45, 2.75) is 26.7 Å². The summed E-state index contributed by atoms with van der Waals surface area (Å²) in [5.74, 6) is -0.374. The van der Waals surface area contributed by atoms with E-state index in [9.17, 15) is 4.79 Å². The van der Waals surface area contributed by atoms with Crippen molar-refractivity contribution >= 4 is 5.97 Å². The maximum atomic E-state index is 10.7.